The van der Waals surface area contributed by atoms with Crippen molar-refractivity contribution in [3.63, 3.8) is 0 Å². The van der Waals surface area contributed by atoms with Crippen molar-refractivity contribution in [1.29, 1.82) is 5.26 Å². The molecule has 0 radical (unpaired) electrons. The Morgan fingerprint density at radius 2 is 1.93 bits per heavy atom. The van der Waals surface area contributed by atoms with E-state index in [1.54, 1.807) is 26.0 Å². The van der Waals surface area contributed by atoms with Crippen LogP contribution in [0.25, 0.3) is 0 Å². The molecule has 1 aromatic rings. The lowest BCUT2D eigenvalue weighted by atomic mass is 10.00. The zero-order valence-corrected chi connectivity index (χ0v) is 8.34. The second kappa shape index (κ2) is 4.21. The first kappa shape index (κ1) is 10.7. The minimum absolute atomic E-state index is 0.196. The van der Waals surface area contributed by atoms with Gasteiger partial charge in [-0.25, -0.2) is 4.39 Å². The highest BCUT2D eigenvalue weighted by Gasteiger charge is 2.09. The van der Waals surface area contributed by atoms with E-state index in [2.05, 4.69) is 0 Å². The number of aryl methyl sites for hydroxylation is 2. The molecule has 0 saturated carbocycles. The van der Waals surface area contributed by atoms with Gasteiger partial charge in [-0.05, 0) is 30.5 Å². The average molecular weight is 192 g/mol. The highest BCUT2D eigenvalue weighted by molar-refractivity contribution is 5.32. The highest BCUT2D eigenvalue weighted by Crippen LogP contribution is 2.20. The molecule has 0 aliphatic heterocycles. The number of benzene rings is 1. The van der Waals surface area contributed by atoms with E-state index in [0.29, 0.717) is 11.1 Å². The molecule has 2 nitrogen and oxygen atoms in total. The SMILES string of the molecule is Cc1cc([C@@H](N)CC#N)cc(C)c1F. The molecule has 0 bridgehead atoms. The molecule has 14 heavy (non-hydrogen) atoms. The Labute approximate surface area is 83.2 Å². The highest BCUT2D eigenvalue weighted by atomic mass is 19.1. The molecule has 1 rings (SSSR count). The van der Waals surface area contributed by atoms with E-state index in [0.717, 1.165) is 5.56 Å². The molecule has 0 aliphatic rings. The normalized spacial score (nSPS) is 12.2. The molecule has 3 heteroatoms. The molecular formula is C11H13FN2. The monoisotopic (exact) mass is 192 g/mol. The molecule has 0 spiro atoms. The summed E-state index contributed by atoms with van der Waals surface area (Å²) in [5.41, 5.74) is 7.73. The minimum Gasteiger partial charge on any atom is -0.323 e. The van der Waals surface area contributed by atoms with Crippen molar-refractivity contribution in [3.05, 3.63) is 34.6 Å². The quantitative estimate of drug-likeness (QED) is 0.781. The van der Waals surface area contributed by atoms with E-state index in [4.69, 9.17) is 11.0 Å². The second-order valence-electron chi connectivity index (χ2n) is 3.44. The topological polar surface area (TPSA) is 49.8 Å². The van der Waals surface area contributed by atoms with Gasteiger partial charge in [-0.15, -0.1) is 0 Å². The van der Waals surface area contributed by atoms with Gasteiger partial charge in [0.05, 0.1) is 12.5 Å². The summed E-state index contributed by atoms with van der Waals surface area (Å²) < 4.78 is 13.3. The molecular weight excluding hydrogens is 179 g/mol. The van der Waals surface area contributed by atoms with Gasteiger partial charge in [0.1, 0.15) is 5.82 Å². The Kier molecular flexibility index (Phi) is 3.21. The molecule has 1 atom stereocenters. The van der Waals surface area contributed by atoms with Crippen molar-refractivity contribution in [2.45, 2.75) is 26.3 Å². The third kappa shape index (κ3) is 2.09. The fourth-order valence-electron chi connectivity index (χ4n) is 1.41. The van der Waals surface area contributed by atoms with Gasteiger partial charge < -0.3 is 5.73 Å². The van der Waals surface area contributed by atoms with Crippen LogP contribution in [0, 0.1) is 31.0 Å². The van der Waals surface area contributed by atoms with Crippen LogP contribution in [0.1, 0.15) is 29.2 Å². The molecule has 74 valence electrons. The van der Waals surface area contributed by atoms with Crippen molar-refractivity contribution in [2.24, 2.45) is 5.73 Å². The van der Waals surface area contributed by atoms with Crippen molar-refractivity contribution < 1.29 is 4.39 Å². The first-order valence-electron chi connectivity index (χ1n) is 4.45. The Morgan fingerprint density at radius 3 is 2.36 bits per heavy atom. The number of hydrogen-bond acceptors (Lipinski definition) is 2. The smallest absolute Gasteiger partial charge is 0.129 e. The van der Waals surface area contributed by atoms with E-state index >= 15 is 0 Å². The molecule has 0 amide bonds. The van der Waals surface area contributed by atoms with Gasteiger partial charge in [0.25, 0.3) is 0 Å². The maximum absolute atomic E-state index is 13.3. The summed E-state index contributed by atoms with van der Waals surface area (Å²) in [7, 11) is 0. The molecule has 1 aromatic carbocycles. The number of nitriles is 1. The first-order valence-corrected chi connectivity index (χ1v) is 4.45. The molecule has 0 aromatic heterocycles. The van der Waals surface area contributed by atoms with E-state index in [1.165, 1.54) is 0 Å². The maximum atomic E-state index is 13.3. The summed E-state index contributed by atoms with van der Waals surface area (Å²) in [6.07, 6.45) is 0.254. The summed E-state index contributed by atoms with van der Waals surface area (Å²) in [5.74, 6) is -0.196. The van der Waals surface area contributed by atoms with Crippen LogP contribution in [0.4, 0.5) is 4.39 Å². The lowest BCUT2D eigenvalue weighted by Gasteiger charge is -2.11. The van der Waals surface area contributed by atoms with Gasteiger partial charge in [-0.3, -0.25) is 0 Å². The summed E-state index contributed by atoms with van der Waals surface area (Å²) in [4.78, 5) is 0. The average Bonchev–Trinajstić information content (AvgIpc) is 2.13. The van der Waals surface area contributed by atoms with Gasteiger partial charge in [-0.2, -0.15) is 5.26 Å². The van der Waals surface area contributed by atoms with E-state index in [9.17, 15) is 4.39 Å². The minimum atomic E-state index is -0.321. The van der Waals surface area contributed by atoms with E-state index in [-0.39, 0.29) is 18.3 Å². The van der Waals surface area contributed by atoms with Crippen molar-refractivity contribution in [2.75, 3.05) is 0 Å². The maximum Gasteiger partial charge on any atom is 0.129 e. The zero-order chi connectivity index (χ0) is 10.7. The fourth-order valence-corrected chi connectivity index (χ4v) is 1.41. The van der Waals surface area contributed by atoms with Crippen LogP contribution < -0.4 is 5.73 Å². The molecule has 0 unspecified atom stereocenters. The van der Waals surface area contributed by atoms with Crippen LogP contribution in [0.2, 0.25) is 0 Å². The molecule has 0 heterocycles. The van der Waals surface area contributed by atoms with Crippen molar-refractivity contribution in [3.8, 4) is 6.07 Å². The van der Waals surface area contributed by atoms with Crippen LogP contribution in [0.15, 0.2) is 12.1 Å². The lowest BCUT2D eigenvalue weighted by Crippen LogP contribution is -2.10. The predicted octanol–water partition coefficient (Wildman–Crippen LogP) is 2.36. The standard InChI is InChI=1S/C11H13FN2/c1-7-5-9(10(14)3-4-13)6-8(2)11(7)12/h5-6,10H,3,14H2,1-2H3/t10-/m0/s1. The number of rotatable bonds is 2. The van der Waals surface area contributed by atoms with Crippen LogP contribution in [0.3, 0.4) is 0 Å². The van der Waals surface area contributed by atoms with Crippen LogP contribution in [-0.4, -0.2) is 0 Å². The van der Waals surface area contributed by atoms with Crippen LogP contribution in [-0.2, 0) is 0 Å². The Balaban J connectivity index is 3.07. The number of halogens is 1. The molecule has 2 N–H and O–H groups in total. The molecule has 0 saturated heterocycles. The Morgan fingerprint density at radius 1 is 1.43 bits per heavy atom. The molecule has 0 fully saturated rings. The van der Waals surface area contributed by atoms with Crippen LogP contribution >= 0.6 is 0 Å². The Hall–Kier alpha value is -1.40. The third-order valence-electron chi connectivity index (χ3n) is 2.20. The Bertz CT molecular complexity index is 356. The summed E-state index contributed by atoms with van der Waals surface area (Å²) in [6.45, 7) is 3.40. The number of nitrogens with two attached hydrogens (primary N) is 1. The molecule has 0 aliphatic carbocycles. The fraction of sp³-hybridized carbons (Fsp3) is 0.364. The van der Waals surface area contributed by atoms with E-state index in [1.807, 2.05) is 6.07 Å². The van der Waals surface area contributed by atoms with Gasteiger partial charge in [0.2, 0.25) is 0 Å². The first-order chi connectivity index (χ1) is 6.56. The number of hydrogen-bond donors (Lipinski definition) is 1. The zero-order valence-electron chi connectivity index (χ0n) is 8.34. The third-order valence-corrected chi connectivity index (χ3v) is 2.20. The second-order valence-corrected chi connectivity index (χ2v) is 3.44. The lowest BCUT2D eigenvalue weighted by molar-refractivity contribution is 0.606. The van der Waals surface area contributed by atoms with E-state index < -0.39 is 0 Å². The predicted molar refractivity (Wildman–Crippen MR) is 53.0 cm³/mol. The summed E-state index contributed by atoms with van der Waals surface area (Å²) in [6, 6.07) is 5.08. The summed E-state index contributed by atoms with van der Waals surface area (Å²) in [5, 5.41) is 8.49. The number of nitrogens with zero attached hydrogens (tertiary/aromatic N) is 1. The largest absolute Gasteiger partial charge is 0.323 e. The van der Waals surface area contributed by atoms with Gasteiger partial charge in [-0.1, -0.05) is 12.1 Å². The van der Waals surface area contributed by atoms with Crippen molar-refractivity contribution in [1.82, 2.24) is 0 Å². The van der Waals surface area contributed by atoms with Crippen LogP contribution in [0.5, 0.6) is 0 Å². The van der Waals surface area contributed by atoms with Gasteiger partial charge in [0, 0.05) is 6.04 Å². The van der Waals surface area contributed by atoms with Gasteiger partial charge in [0.15, 0.2) is 0 Å². The van der Waals surface area contributed by atoms with Crippen molar-refractivity contribution >= 4 is 0 Å². The summed E-state index contributed by atoms with van der Waals surface area (Å²) >= 11 is 0. The van der Waals surface area contributed by atoms with Gasteiger partial charge >= 0.3 is 0 Å².